The molecule has 0 spiro atoms. The molecule has 3 heteroatoms. The molecule has 2 nitrogen and oxygen atoms in total. The van der Waals surface area contributed by atoms with E-state index >= 15 is 0 Å². The van der Waals surface area contributed by atoms with Crippen molar-refractivity contribution in [1.82, 2.24) is 0 Å². The molecule has 0 aliphatic rings. The minimum absolute atomic E-state index is 0.0585. The highest BCUT2D eigenvalue weighted by Crippen LogP contribution is 2.13. The summed E-state index contributed by atoms with van der Waals surface area (Å²) in [5.74, 6) is 0.0585. The standard InChI is InChI=1S/C17H17ClO2/c1-13(20-12-14-6-3-2-4-7-14)17(19)11-15-8-5-9-16(18)10-15/h2-10,13H,11-12H2,1H3. The van der Waals surface area contributed by atoms with E-state index in [1.807, 2.05) is 48.5 Å². The van der Waals surface area contributed by atoms with Crippen LogP contribution in [0.2, 0.25) is 5.02 Å². The molecule has 2 aromatic rings. The van der Waals surface area contributed by atoms with Gasteiger partial charge in [0.05, 0.1) is 6.61 Å². The fourth-order valence-corrected chi connectivity index (χ4v) is 2.09. The summed E-state index contributed by atoms with van der Waals surface area (Å²) >= 11 is 5.91. The first-order valence-corrected chi connectivity index (χ1v) is 6.95. The van der Waals surface area contributed by atoms with Crippen molar-refractivity contribution in [2.45, 2.75) is 26.1 Å². The number of Topliss-reactive ketones (excluding diaryl/α,β-unsaturated/α-hetero) is 1. The average molecular weight is 289 g/mol. The maximum Gasteiger partial charge on any atom is 0.165 e. The molecule has 1 unspecified atom stereocenters. The van der Waals surface area contributed by atoms with Gasteiger partial charge in [-0.3, -0.25) is 4.79 Å². The highest BCUT2D eigenvalue weighted by Gasteiger charge is 2.14. The fraction of sp³-hybridized carbons (Fsp3) is 0.235. The minimum atomic E-state index is -0.422. The molecule has 1 atom stereocenters. The lowest BCUT2D eigenvalue weighted by molar-refractivity contribution is -0.129. The third kappa shape index (κ3) is 4.48. The first kappa shape index (κ1) is 14.8. The molecule has 0 radical (unpaired) electrons. The van der Waals surface area contributed by atoms with Crippen LogP contribution in [-0.4, -0.2) is 11.9 Å². The Hall–Kier alpha value is -1.64. The molecule has 104 valence electrons. The van der Waals surface area contributed by atoms with E-state index in [4.69, 9.17) is 16.3 Å². The fourth-order valence-electron chi connectivity index (χ4n) is 1.88. The van der Waals surface area contributed by atoms with Crippen LogP contribution in [0.3, 0.4) is 0 Å². The minimum Gasteiger partial charge on any atom is -0.366 e. The molecule has 0 aliphatic carbocycles. The van der Waals surface area contributed by atoms with Gasteiger partial charge in [0, 0.05) is 11.4 Å². The Bertz CT molecular complexity index is 566. The number of rotatable bonds is 6. The summed E-state index contributed by atoms with van der Waals surface area (Å²) in [6.07, 6.45) is -0.0783. The Kier molecular flexibility index (Phi) is 5.33. The van der Waals surface area contributed by atoms with Gasteiger partial charge in [0.2, 0.25) is 0 Å². The monoisotopic (exact) mass is 288 g/mol. The second-order valence-corrected chi connectivity index (χ2v) is 5.15. The lowest BCUT2D eigenvalue weighted by Crippen LogP contribution is -2.22. The Morgan fingerprint density at radius 3 is 2.50 bits per heavy atom. The third-order valence-electron chi connectivity index (χ3n) is 3.06. The van der Waals surface area contributed by atoms with Crippen LogP contribution < -0.4 is 0 Å². The number of carbonyl (C=O) groups is 1. The normalized spacial score (nSPS) is 12.1. The Morgan fingerprint density at radius 2 is 1.80 bits per heavy atom. The lowest BCUT2D eigenvalue weighted by atomic mass is 10.1. The number of carbonyl (C=O) groups excluding carboxylic acids is 1. The van der Waals surface area contributed by atoms with Crippen LogP contribution in [0.15, 0.2) is 54.6 Å². The van der Waals surface area contributed by atoms with E-state index in [0.717, 1.165) is 11.1 Å². The summed E-state index contributed by atoms with van der Waals surface area (Å²) in [6, 6.07) is 17.2. The number of ketones is 1. The van der Waals surface area contributed by atoms with Gasteiger partial charge in [-0.15, -0.1) is 0 Å². The van der Waals surface area contributed by atoms with E-state index in [0.29, 0.717) is 18.1 Å². The van der Waals surface area contributed by atoms with E-state index in [-0.39, 0.29) is 5.78 Å². The van der Waals surface area contributed by atoms with Crippen molar-refractivity contribution in [3.05, 3.63) is 70.7 Å². The smallest absolute Gasteiger partial charge is 0.165 e. The number of benzene rings is 2. The van der Waals surface area contributed by atoms with Crippen molar-refractivity contribution in [1.29, 1.82) is 0 Å². The SMILES string of the molecule is CC(OCc1ccccc1)C(=O)Cc1cccc(Cl)c1. The highest BCUT2D eigenvalue weighted by atomic mass is 35.5. The molecule has 2 rings (SSSR count). The van der Waals surface area contributed by atoms with Gasteiger partial charge >= 0.3 is 0 Å². The van der Waals surface area contributed by atoms with E-state index in [9.17, 15) is 4.79 Å². The summed E-state index contributed by atoms with van der Waals surface area (Å²) < 4.78 is 5.61. The molecular weight excluding hydrogens is 272 g/mol. The third-order valence-corrected chi connectivity index (χ3v) is 3.30. The number of ether oxygens (including phenoxy) is 1. The summed E-state index contributed by atoms with van der Waals surface area (Å²) in [7, 11) is 0. The summed E-state index contributed by atoms with van der Waals surface area (Å²) in [5.41, 5.74) is 1.98. The molecule has 0 amide bonds. The van der Waals surface area contributed by atoms with Gasteiger partial charge in [-0.25, -0.2) is 0 Å². The van der Waals surface area contributed by atoms with Gasteiger partial charge < -0.3 is 4.74 Å². The molecule has 0 N–H and O–H groups in total. The van der Waals surface area contributed by atoms with Crippen molar-refractivity contribution < 1.29 is 9.53 Å². The van der Waals surface area contributed by atoms with E-state index in [1.165, 1.54) is 0 Å². The highest BCUT2D eigenvalue weighted by molar-refractivity contribution is 6.30. The van der Waals surface area contributed by atoms with E-state index < -0.39 is 6.10 Å². The van der Waals surface area contributed by atoms with Gasteiger partial charge in [0.25, 0.3) is 0 Å². The Labute approximate surface area is 124 Å². The largest absolute Gasteiger partial charge is 0.366 e. The average Bonchev–Trinajstić information content (AvgIpc) is 2.46. The van der Waals surface area contributed by atoms with Crippen LogP contribution in [0.4, 0.5) is 0 Å². The molecule has 0 heterocycles. The second-order valence-electron chi connectivity index (χ2n) is 4.71. The molecule has 20 heavy (non-hydrogen) atoms. The second kappa shape index (κ2) is 7.22. The number of hydrogen-bond donors (Lipinski definition) is 0. The van der Waals surface area contributed by atoms with Crippen LogP contribution in [0.5, 0.6) is 0 Å². The number of hydrogen-bond acceptors (Lipinski definition) is 2. The van der Waals surface area contributed by atoms with Gasteiger partial charge in [0.1, 0.15) is 6.10 Å². The van der Waals surface area contributed by atoms with Crippen LogP contribution in [-0.2, 0) is 22.6 Å². The van der Waals surface area contributed by atoms with Crippen molar-refractivity contribution in [2.75, 3.05) is 0 Å². The summed E-state index contributed by atoms with van der Waals surface area (Å²) in [4.78, 5) is 12.1. The van der Waals surface area contributed by atoms with Crippen molar-refractivity contribution >= 4 is 17.4 Å². The van der Waals surface area contributed by atoms with Gasteiger partial charge in [0.15, 0.2) is 5.78 Å². The quantitative estimate of drug-likeness (QED) is 0.801. The van der Waals surface area contributed by atoms with Crippen LogP contribution in [0.1, 0.15) is 18.1 Å². The van der Waals surface area contributed by atoms with Crippen LogP contribution in [0.25, 0.3) is 0 Å². The maximum atomic E-state index is 12.1. The van der Waals surface area contributed by atoms with Gasteiger partial charge in [-0.05, 0) is 30.2 Å². The molecule has 0 fully saturated rings. The molecule has 2 aromatic carbocycles. The maximum absolute atomic E-state index is 12.1. The predicted molar refractivity (Wildman–Crippen MR) is 80.9 cm³/mol. The van der Waals surface area contributed by atoms with E-state index in [2.05, 4.69) is 0 Å². The summed E-state index contributed by atoms with van der Waals surface area (Å²) in [5, 5.41) is 0.646. The van der Waals surface area contributed by atoms with Crippen molar-refractivity contribution in [3.63, 3.8) is 0 Å². The molecule has 0 bridgehead atoms. The topological polar surface area (TPSA) is 26.3 Å². The first-order valence-electron chi connectivity index (χ1n) is 6.58. The molecular formula is C17H17ClO2. The Balaban J connectivity index is 1.86. The van der Waals surface area contributed by atoms with Crippen LogP contribution >= 0.6 is 11.6 Å². The zero-order valence-electron chi connectivity index (χ0n) is 11.4. The van der Waals surface area contributed by atoms with Crippen LogP contribution in [0, 0.1) is 0 Å². The van der Waals surface area contributed by atoms with E-state index in [1.54, 1.807) is 13.0 Å². The van der Waals surface area contributed by atoms with Crippen molar-refractivity contribution in [3.8, 4) is 0 Å². The zero-order chi connectivity index (χ0) is 14.4. The molecule has 0 saturated carbocycles. The lowest BCUT2D eigenvalue weighted by Gasteiger charge is -2.12. The van der Waals surface area contributed by atoms with Crippen molar-refractivity contribution in [2.24, 2.45) is 0 Å². The van der Waals surface area contributed by atoms with Gasteiger partial charge in [-0.1, -0.05) is 54.1 Å². The first-order chi connectivity index (χ1) is 9.65. The predicted octanol–water partition coefficient (Wildman–Crippen LogP) is 4.06. The summed E-state index contributed by atoms with van der Waals surface area (Å²) in [6.45, 7) is 2.24. The zero-order valence-corrected chi connectivity index (χ0v) is 12.1. The molecule has 0 saturated heterocycles. The molecule has 0 aromatic heterocycles. The van der Waals surface area contributed by atoms with Gasteiger partial charge in [-0.2, -0.15) is 0 Å². The number of halogens is 1. The molecule has 0 aliphatic heterocycles. The Morgan fingerprint density at radius 1 is 1.10 bits per heavy atom.